The zero-order valence-electron chi connectivity index (χ0n) is 11.0. The average molecular weight is 227 g/mol. The van der Waals surface area contributed by atoms with E-state index in [0.29, 0.717) is 6.54 Å². The van der Waals surface area contributed by atoms with Crippen molar-refractivity contribution in [1.29, 1.82) is 0 Å². The summed E-state index contributed by atoms with van der Waals surface area (Å²) in [6.07, 6.45) is 3.25. The Kier molecular flexibility index (Phi) is 3.39. The van der Waals surface area contributed by atoms with Crippen LogP contribution in [0.25, 0.3) is 0 Å². The van der Waals surface area contributed by atoms with E-state index in [9.17, 15) is 4.79 Å². The minimum absolute atomic E-state index is 0.144. The second-order valence-electron chi connectivity index (χ2n) is 6.51. The van der Waals surface area contributed by atoms with Gasteiger partial charge in [-0.1, -0.05) is 27.7 Å². The zero-order valence-corrected chi connectivity index (χ0v) is 11.0. The lowest BCUT2D eigenvalue weighted by atomic mass is 9.43. The molecule has 0 spiro atoms. The van der Waals surface area contributed by atoms with Gasteiger partial charge in [0.15, 0.2) is 0 Å². The third-order valence-corrected chi connectivity index (χ3v) is 4.65. The van der Waals surface area contributed by atoms with Crippen LogP contribution in [0.1, 0.15) is 53.4 Å². The summed E-state index contributed by atoms with van der Waals surface area (Å²) >= 11 is 0. The molecule has 0 saturated heterocycles. The molecule has 0 aromatic heterocycles. The maximum Gasteiger partial charge on any atom is 0.303 e. The molecular formula is C13H25NO2. The van der Waals surface area contributed by atoms with Gasteiger partial charge in [-0.15, -0.1) is 0 Å². The Morgan fingerprint density at radius 2 is 1.88 bits per heavy atom. The van der Waals surface area contributed by atoms with Crippen molar-refractivity contribution in [1.82, 2.24) is 0 Å². The lowest BCUT2D eigenvalue weighted by Crippen LogP contribution is -2.56. The highest BCUT2D eigenvalue weighted by Gasteiger charge is 2.58. The SMILES string of the molecule is CCC1(C(C)(C)C)CC(CN)(CC(=O)O)C1. The van der Waals surface area contributed by atoms with Crippen LogP contribution in [0.5, 0.6) is 0 Å². The first-order chi connectivity index (χ1) is 7.20. The van der Waals surface area contributed by atoms with E-state index in [-0.39, 0.29) is 22.7 Å². The van der Waals surface area contributed by atoms with Gasteiger partial charge in [-0.05, 0) is 42.1 Å². The van der Waals surface area contributed by atoms with Gasteiger partial charge in [0.2, 0.25) is 0 Å². The summed E-state index contributed by atoms with van der Waals surface area (Å²) in [4.78, 5) is 10.9. The van der Waals surface area contributed by atoms with Crippen LogP contribution in [0, 0.1) is 16.2 Å². The minimum Gasteiger partial charge on any atom is -0.481 e. The van der Waals surface area contributed by atoms with Crippen LogP contribution in [-0.2, 0) is 4.79 Å². The van der Waals surface area contributed by atoms with E-state index in [2.05, 4.69) is 27.7 Å². The molecule has 16 heavy (non-hydrogen) atoms. The normalized spacial score (nSPS) is 34.6. The Labute approximate surface area is 98.4 Å². The first-order valence-electron chi connectivity index (χ1n) is 6.12. The van der Waals surface area contributed by atoms with Gasteiger partial charge in [0.1, 0.15) is 0 Å². The molecule has 0 aliphatic heterocycles. The van der Waals surface area contributed by atoms with Crippen LogP contribution >= 0.6 is 0 Å². The monoisotopic (exact) mass is 227 g/mol. The molecule has 0 heterocycles. The zero-order chi connectivity index (χ0) is 12.6. The number of hydrogen-bond donors (Lipinski definition) is 2. The van der Waals surface area contributed by atoms with E-state index in [1.54, 1.807) is 0 Å². The van der Waals surface area contributed by atoms with Crippen LogP contribution in [0.15, 0.2) is 0 Å². The highest BCUT2D eigenvalue weighted by Crippen LogP contribution is 2.65. The van der Waals surface area contributed by atoms with E-state index < -0.39 is 5.97 Å². The molecule has 0 atom stereocenters. The third-order valence-electron chi connectivity index (χ3n) is 4.65. The van der Waals surface area contributed by atoms with Crippen molar-refractivity contribution in [2.24, 2.45) is 22.0 Å². The number of aliphatic carboxylic acids is 1. The van der Waals surface area contributed by atoms with Crippen LogP contribution in [0.3, 0.4) is 0 Å². The van der Waals surface area contributed by atoms with Gasteiger partial charge >= 0.3 is 5.97 Å². The summed E-state index contributed by atoms with van der Waals surface area (Å²) in [7, 11) is 0. The molecule has 1 aliphatic carbocycles. The van der Waals surface area contributed by atoms with Crippen molar-refractivity contribution < 1.29 is 9.90 Å². The third kappa shape index (κ3) is 2.10. The molecule has 0 aromatic rings. The molecule has 0 bridgehead atoms. The Morgan fingerprint density at radius 1 is 1.38 bits per heavy atom. The molecular weight excluding hydrogens is 202 g/mol. The predicted molar refractivity (Wildman–Crippen MR) is 65.2 cm³/mol. The summed E-state index contributed by atoms with van der Waals surface area (Å²) in [5.74, 6) is -0.718. The number of hydrogen-bond acceptors (Lipinski definition) is 2. The number of carbonyl (C=O) groups is 1. The highest BCUT2D eigenvalue weighted by molar-refractivity contribution is 5.68. The topological polar surface area (TPSA) is 63.3 Å². The molecule has 0 unspecified atom stereocenters. The van der Waals surface area contributed by atoms with E-state index in [1.807, 2.05) is 0 Å². The quantitative estimate of drug-likeness (QED) is 0.776. The minimum atomic E-state index is -0.718. The molecule has 3 nitrogen and oxygen atoms in total. The first-order valence-corrected chi connectivity index (χ1v) is 6.12. The fraction of sp³-hybridized carbons (Fsp3) is 0.923. The van der Waals surface area contributed by atoms with Crippen molar-refractivity contribution in [3.63, 3.8) is 0 Å². The molecule has 1 saturated carbocycles. The van der Waals surface area contributed by atoms with Gasteiger partial charge in [0.25, 0.3) is 0 Å². The maximum absolute atomic E-state index is 10.9. The molecule has 0 aromatic carbocycles. The smallest absolute Gasteiger partial charge is 0.303 e. The van der Waals surface area contributed by atoms with E-state index in [1.165, 1.54) is 0 Å². The van der Waals surface area contributed by atoms with Gasteiger partial charge in [0, 0.05) is 0 Å². The van der Waals surface area contributed by atoms with Crippen LogP contribution < -0.4 is 5.73 Å². The molecule has 3 heteroatoms. The van der Waals surface area contributed by atoms with Gasteiger partial charge in [-0.2, -0.15) is 0 Å². The molecule has 0 amide bonds. The standard InChI is InChI=1S/C13H25NO2/c1-5-13(11(2,3)4)7-12(8-13,9-14)6-10(15)16/h5-9,14H2,1-4H3,(H,15,16). The Bertz CT molecular complexity index is 272. The Hall–Kier alpha value is -0.570. The van der Waals surface area contributed by atoms with Crippen molar-refractivity contribution in [2.75, 3.05) is 6.54 Å². The summed E-state index contributed by atoms with van der Waals surface area (Å²) in [6, 6.07) is 0. The largest absolute Gasteiger partial charge is 0.481 e. The van der Waals surface area contributed by atoms with Gasteiger partial charge in [0.05, 0.1) is 6.42 Å². The Morgan fingerprint density at radius 3 is 2.12 bits per heavy atom. The molecule has 1 rings (SSSR count). The maximum atomic E-state index is 10.9. The second-order valence-corrected chi connectivity index (χ2v) is 6.51. The van der Waals surface area contributed by atoms with Crippen LogP contribution in [0.2, 0.25) is 0 Å². The van der Waals surface area contributed by atoms with Gasteiger partial charge in [-0.3, -0.25) is 4.79 Å². The van der Waals surface area contributed by atoms with Gasteiger partial charge < -0.3 is 10.8 Å². The second kappa shape index (κ2) is 4.02. The average Bonchev–Trinajstić information content (AvgIpc) is 2.07. The number of carboxylic acids is 1. The molecule has 1 fully saturated rings. The predicted octanol–water partition coefficient (Wildman–Crippen LogP) is 2.64. The van der Waals surface area contributed by atoms with Gasteiger partial charge in [-0.25, -0.2) is 0 Å². The number of nitrogens with two attached hydrogens (primary N) is 1. The number of carboxylic acid groups (broad SMARTS) is 1. The van der Waals surface area contributed by atoms with Crippen molar-refractivity contribution in [3.05, 3.63) is 0 Å². The van der Waals surface area contributed by atoms with E-state index in [0.717, 1.165) is 19.3 Å². The molecule has 0 radical (unpaired) electrons. The summed E-state index contributed by atoms with van der Waals surface area (Å²) in [6.45, 7) is 9.44. The summed E-state index contributed by atoms with van der Waals surface area (Å²) < 4.78 is 0. The lowest BCUT2D eigenvalue weighted by Gasteiger charge is -2.62. The van der Waals surface area contributed by atoms with E-state index >= 15 is 0 Å². The fourth-order valence-electron chi connectivity index (χ4n) is 3.36. The molecule has 94 valence electrons. The molecule has 3 N–H and O–H groups in total. The summed E-state index contributed by atoms with van der Waals surface area (Å²) in [5.41, 5.74) is 6.14. The van der Waals surface area contributed by atoms with Crippen LogP contribution in [0.4, 0.5) is 0 Å². The number of rotatable bonds is 4. The first kappa shape index (κ1) is 13.5. The lowest BCUT2D eigenvalue weighted by molar-refractivity contribution is -0.154. The highest BCUT2D eigenvalue weighted by atomic mass is 16.4. The van der Waals surface area contributed by atoms with Crippen molar-refractivity contribution in [3.8, 4) is 0 Å². The van der Waals surface area contributed by atoms with Crippen molar-refractivity contribution >= 4 is 5.97 Å². The van der Waals surface area contributed by atoms with Crippen molar-refractivity contribution in [2.45, 2.75) is 53.4 Å². The fourth-order valence-corrected chi connectivity index (χ4v) is 3.36. The van der Waals surface area contributed by atoms with Crippen LogP contribution in [-0.4, -0.2) is 17.6 Å². The van der Waals surface area contributed by atoms with E-state index in [4.69, 9.17) is 10.8 Å². The molecule has 1 aliphatic rings. The Balaban J connectivity index is 2.78. The summed E-state index contributed by atoms with van der Waals surface area (Å²) in [5, 5.41) is 8.94.